The molecule has 1 heterocycles. The number of benzene rings is 1. The number of hydrogen-bond acceptors (Lipinski definition) is 3. The van der Waals surface area contributed by atoms with Crippen LogP contribution >= 0.6 is 0 Å². The molecule has 0 aromatic heterocycles. The predicted molar refractivity (Wildman–Crippen MR) is 75.0 cm³/mol. The number of amides is 1. The fourth-order valence-corrected chi connectivity index (χ4v) is 2.28. The van der Waals surface area contributed by atoms with Crippen LogP contribution in [-0.4, -0.2) is 30.1 Å². The van der Waals surface area contributed by atoms with Crippen molar-refractivity contribution in [2.75, 3.05) is 13.1 Å². The van der Waals surface area contributed by atoms with Gasteiger partial charge in [0.25, 0.3) is 5.91 Å². The molecule has 1 fully saturated rings. The number of carbonyl (C=O) groups excluding carboxylic acids is 1. The highest BCUT2D eigenvalue weighted by atomic mass is 16.3. The van der Waals surface area contributed by atoms with E-state index in [1.54, 1.807) is 26.0 Å². The van der Waals surface area contributed by atoms with E-state index in [4.69, 9.17) is 0 Å². The van der Waals surface area contributed by atoms with E-state index in [1.807, 2.05) is 12.1 Å². The van der Waals surface area contributed by atoms with Gasteiger partial charge in [-0.25, -0.2) is 0 Å². The molecule has 104 valence electrons. The Morgan fingerprint density at radius 3 is 2.68 bits per heavy atom. The molecule has 2 rings (SSSR count). The first-order chi connectivity index (χ1) is 8.97. The van der Waals surface area contributed by atoms with Crippen LogP contribution in [0.2, 0.25) is 0 Å². The monoisotopic (exact) mass is 262 g/mol. The second kappa shape index (κ2) is 5.72. The highest BCUT2D eigenvalue weighted by Gasteiger charge is 2.19. The molecule has 19 heavy (non-hydrogen) atoms. The lowest BCUT2D eigenvalue weighted by molar-refractivity contribution is 0.0784. The van der Waals surface area contributed by atoms with Gasteiger partial charge in [0.15, 0.2) is 0 Å². The van der Waals surface area contributed by atoms with E-state index in [2.05, 4.69) is 10.6 Å². The molecule has 1 aromatic carbocycles. The quantitative estimate of drug-likeness (QED) is 0.771. The van der Waals surface area contributed by atoms with Crippen LogP contribution in [0.3, 0.4) is 0 Å². The van der Waals surface area contributed by atoms with Crippen molar-refractivity contribution in [3.05, 3.63) is 35.4 Å². The Hall–Kier alpha value is -1.39. The van der Waals surface area contributed by atoms with Crippen molar-refractivity contribution in [2.24, 2.45) is 0 Å². The van der Waals surface area contributed by atoms with Crippen molar-refractivity contribution in [3.63, 3.8) is 0 Å². The number of carbonyl (C=O) groups is 1. The molecule has 1 aliphatic heterocycles. The highest BCUT2D eigenvalue weighted by Crippen LogP contribution is 2.20. The van der Waals surface area contributed by atoms with E-state index in [-0.39, 0.29) is 11.9 Å². The number of piperidine rings is 1. The minimum absolute atomic E-state index is 0.0574. The van der Waals surface area contributed by atoms with Crippen molar-refractivity contribution in [1.82, 2.24) is 10.6 Å². The largest absolute Gasteiger partial charge is 0.386 e. The van der Waals surface area contributed by atoms with Crippen LogP contribution in [0.5, 0.6) is 0 Å². The predicted octanol–water partition coefficient (Wildman–Crippen LogP) is 1.40. The van der Waals surface area contributed by atoms with Gasteiger partial charge in [0.05, 0.1) is 5.60 Å². The number of hydrogen-bond donors (Lipinski definition) is 3. The number of aliphatic hydroxyl groups is 1. The SMILES string of the molecule is CC(C)(O)c1cccc(C(=O)NC2CCNCC2)c1. The summed E-state index contributed by atoms with van der Waals surface area (Å²) in [5, 5.41) is 16.3. The maximum atomic E-state index is 12.2. The Bertz CT molecular complexity index is 446. The van der Waals surface area contributed by atoms with E-state index >= 15 is 0 Å². The maximum Gasteiger partial charge on any atom is 0.251 e. The van der Waals surface area contributed by atoms with Crippen molar-refractivity contribution < 1.29 is 9.90 Å². The van der Waals surface area contributed by atoms with Gasteiger partial charge in [-0.2, -0.15) is 0 Å². The van der Waals surface area contributed by atoms with Crippen molar-refractivity contribution in [3.8, 4) is 0 Å². The lowest BCUT2D eigenvalue weighted by atomic mass is 9.96. The summed E-state index contributed by atoms with van der Waals surface area (Å²) >= 11 is 0. The van der Waals surface area contributed by atoms with Gasteiger partial charge in [-0.15, -0.1) is 0 Å². The fourth-order valence-electron chi connectivity index (χ4n) is 2.28. The van der Waals surface area contributed by atoms with Gasteiger partial charge in [0.1, 0.15) is 0 Å². The zero-order chi connectivity index (χ0) is 13.9. The lowest BCUT2D eigenvalue weighted by Gasteiger charge is -2.24. The summed E-state index contributed by atoms with van der Waals surface area (Å²) in [6.07, 6.45) is 1.94. The summed E-state index contributed by atoms with van der Waals surface area (Å²) in [7, 11) is 0. The Labute approximate surface area is 114 Å². The minimum Gasteiger partial charge on any atom is -0.386 e. The van der Waals surface area contributed by atoms with Gasteiger partial charge in [-0.05, 0) is 57.5 Å². The van der Waals surface area contributed by atoms with Crippen LogP contribution in [0.4, 0.5) is 0 Å². The fraction of sp³-hybridized carbons (Fsp3) is 0.533. The first-order valence-corrected chi connectivity index (χ1v) is 6.81. The molecule has 1 saturated heterocycles. The molecule has 1 aliphatic rings. The van der Waals surface area contributed by atoms with E-state index in [0.29, 0.717) is 5.56 Å². The van der Waals surface area contributed by atoms with Crippen LogP contribution < -0.4 is 10.6 Å². The van der Waals surface area contributed by atoms with Crippen LogP contribution in [-0.2, 0) is 5.60 Å². The molecule has 0 unspecified atom stereocenters. The summed E-state index contributed by atoms with van der Waals surface area (Å²) in [4.78, 5) is 12.2. The third-order valence-electron chi connectivity index (χ3n) is 3.51. The van der Waals surface area contributed by atoms with Crippen molar-refractivity contribution in [2.45, 2.75) is 38.3 Å². The zero-order valence-corrected chi connectivity index (χ0v) is 11.6. The normalized spacial score (nSPS) is 17.2. The topological polar surface area (TPSA) is 61.4 Å². The van der Waals surface area contributed by atoms with Crippen LogP contribution in [0.25, 0.3) is 0 Å². The van der Waals surface area contributed by atoms with Gasteiger partial charge < -0.3 is 15.7 Å². The summed E-state index contributed by atoms with van der Waals surface area (Å²) in [6.45, 7) is 5.34. The first-order valence-electron chi connectivity index (χ1n) is 6.81. The van der Waals surface area contributed by atoms with Gasteiger partial charge in [0, 0.05) is 11.6 Å². The Balaban J connectivity index is 2.06. The summed E-state index contributed by atoms with van der Waals surface area (Å²) in [5.74, 6) is -0.0574. The van der Waals surface area contributed by atoms with Gasteiger partial charge in [-0.3, -0.25) is 4.79 Å². The molecule has 0 atom stereocenters. The second-order valence-electron chi connectivity index (χ2n) is 5.64. The average molecular weight is 262 g/mol. The standard InChI is InChI=1S/C15H22N2O2/c1-15(2,19)12-5-3-4-11(10-12)14(18)17-13-6-8-16-9-7-13/h3-5,10,13,16,19H,6-9H2,1-2H3,(H,17,18). The van der Waals surface area contributed by atoms with E-state index in [0.717, 1.165) is 31.5 Å². The molecule has 0 radical (unpaired) electrons. The smallest absolute Gasteiger partial charge is 0.251 e. The third-order valence-corrected chi connectivity index (χ3v) is 3.51. The van der Waals surface area contributed by atoms with E-state index in [1.165, 1.54) is 0 Å². The summed E-state index contributed by atoms with van der Waals surface area (Å²) in [5.41, 5.74) is 0.439. The average Bonchev–Trinajstić information content (AvgIpc) is 2.39. The Morgan fingerprint density at radius 2 is 2.05 bits per heavy atom. The summed E-state index contributed by atoms with van der Waals surface area (Å²) < 4.78 is 0. The first kappa shape index (κ1) is 14.0. The van der Waals surface area contributed by atoms with E-state index < -0.39 is 5.60 Å². The molecule has 0 saturated carbocycles. The van der Waals surface area contributed by atoms with Crippen LogP contribution in [0, 0.1) is 0 Å². The molecular formula is C15H22N2O2. The molecule has 1 amide bonds. The van der Waals surface area contributed by atoms with Crippen molar-refractivity contribution >= 4 is 5.91 Å². The van der Waals surface area contributed by atoms with Crippen LogP contribution in [0.15, 0.2) is 24.3 Å². The highest BCUT2D eigenvalue weighted by molar-refractivity contribution is 5.94. The van der Waals surface area contributed by atoms with Gasteiger partial charge >= 0.3 is 0 Å². The number of nitrogens with one attached hydrogen (secondary N) is 2. The molecule has 0 bridgehead atoms. The Kier molecular flexibility index (Phi) is 4.22. The molecule has 1 aromatic rings. The maximum absolute atomic E-state index is 12.2. The molecule has 4 nitrogen and oxygen atoms in total. The summed E-state index contributed by atoms with van der Waals surface area (Å²) in [6, 6.07) is 7.44. The molecule has 0 spiro atoms. The van der Waals surface area contributed by atoms with Crippen LogP contribution in [0.1, 0.15) is 42.6 Å². The molecule has 0 aliphatic carbocycles. The van der Waals surface area contributed by atoms with Crippen molar-refractivity contribution in [1.29, 1.82) is 0 Å². The Morgan fingerprint density at radius 1 is 1.37 bits per heavy atom. The molecule has 3 N–H and O–H groups in total. The zero-order valence-electron chi connectivity index (χ0n) is 11.6. The lowest BCUT2D eigenvalue weighted by Crippen LogP contribution is -2.42. The second-order valence-corrected chi connectivity index (χ2v) is 5.64. The molecular weight excluding hydrogens is 240 g/mol. The van der Waals surface area contributed by atoms with Gasteiger partial charge in [0.2, 0.25) is 0 Å². The van der Waals surface area contributed by atoms with Gasteiger partial charge in [-0.1, -0.05) is 12.1 Å². The third kappa shape index (κ3) is 3.78. The van der Waals surface area contributed by atoms with E-state index in [9.17, 15) is 9.90 Å². The number of rotatable bonds is 3. The minimum atomic E-state index is -0.926. The molecule has 4 heteroatoms.